The third-order valence-electron chi connectivity index (χ3n) is 2.60. The molecule has 0 spiro atoms. The topological polar surface area (TPSA) is 51.2 Å². The molecule has 94 valence electrons. The molecule has 1 aromatic rings. The Labute approximate surface area is 104 Å². The number of aromatic nitrogens is 1. The van der Waals surface area contributed by atoms with Crippen molar-refractivity contribution < 1.29 is 8.95 Å². The highest BCUT2D eigenvalue weighted by atomic mass is 32.2. The van der Waals surface area contributed by atoms with E-state index in [-0.39, 0.29) is 10.8 Å². The molecule has 0 radical (unpaired) electrons. The van der Waals surface area contributed by atoms with Gasteiger partial charge in [0.05, 0.1) is 28.4 Å². The van der Waals surface area contributed by atoms with Crippen molar-refractivity contribution in [3.8, 4) is 5.75 Å². The summed E-state index contributed by atoms with van der Waals surface area (Å²) in [5.74, 6) is 0.794. The van der Waals surface area contributed by atoms with Gasteiger partial charge in [0, 0.05) is 12.6 Å². The van der Waals surface area contributed by atoms with Crippen LogP contribution in [-0.2, 0) is 11.0 Å². The van der Waals surface area contributed by atoms with Gasteiger partial charge in [0.15, 0.2) is 0 Å². The van der Waals surface area contributed by atoms with Crippen LogP contribution < -0.4 is 9.46 Å². The molecule has 0 aromatic carbocycles. The summed E-state index contributed by atoms with van der Waals surface area (Å²) in [7, 11) is -1.09. The maximum absolute atomic E-state index is 12.1. The first-order chi connectivity index (χ1) is 7.98. The van der Waals surface area contributed by atoms with E-state index in [0.717, 1.165) is 17.9 Å². The first kappa shape index (κ1) is 12.5. The minimum atomic E-state index is -1.09. The molecule has 0 aliphatic carbocycles. The lowest BCUT2D eigenvalue weighted by Crippen LogP contribution is -2.37. The molecule has 0 saturated carbocycles. The molecule has 0 amide bonds. The summed E-state index contributed by atoms with van der Waals surface area (Å²) in [4.78, 5) is 4.31. The number of nitrogens with zero attached hydrogens (tertiary/aromatic N) is 1. The Hall–Kier alpha value is -0.940. The fourth-order valence-electron chi connectivity index (χ4n) is 1.63. The van der Waals surface area contributed by atoms with Crippen molar-refractivity contribution in [1.29, 1.82) is 0 Å². The van der Waals surface area contributed by atoms with Crippen LogP contribution in [0.1, 0.15) is 38.9 Å². The largest absolute Gasteiger partial charge is 0.492 e. The summed E-state index contributed by atoms with van der Waals surface area (Å²) in [5.41, 5.74) is 0.858. The molecule has 1 N–H and O–H groups in total. The van der Waals surface area contributed by atoms with Crippen LogP contribution in [0.2, 0.25) is 0 Å². The van der Waals surface area contributed by atoms with E-state index in [1.54, 1.807) is 6.20 Å². The first-order valence-electron chi connectivity index (χ1n) is 5.74. The maximum atomic E-state index is 12.1. The van der Waals surface area contributed by atoms with Gasteiger partial charge in [-0.05, 0) is 32.9 Å². The second kappa shape index (κ2) is 4.74. The summed E-state index contributed by atoms with van der Waals surface area (Å²) < 4.78 is 20.5. The molecule has 1 aliphatic heterocycles. The zero-order valence-corrected chi connectivity index (χ0v) is 11.2. The average molecular weight is 254 g/mol. The van der Waals surface area contributed by atoms with Crippen LogP contribution >= 0.6 is 0 Å². The van der Waals surface area contributed by atoms with Crippen LogP contribution in [0, 0.1) is 0 Å². The van der Waals surface area contributed by atoms with Gasteiger partial charge in [-0.3, -0.25) is 4.98 Å². The van der Waals surface area contributed by atoms with Crippen LogP contribution in [0.3, 0.4) is 0 Å². The zero-order valence-electron chi connectivity index (χ0n) is 10.4. The summed E-state index contributed by atoms with van der Waals surface area (Å²) in [6, 6.07) is 3.76. The van der Waals surface area contributed by atoms with Crippen molar-refractivity contribution in [2.75, 3.05) is 6.61 Å². The quantitative estimate of drug-likeness (QED) is 0.877. The van der Waals surface area contributed by atoms with Crippen LogP contribution in [0.15, 0.2) is 18.3 Å². The lowest BCUT2D eigenvalue weighted by molar-refractivity contribution is 0.259. The lowest BCUT2D eigenvalue weighted by atomic mass is 10.1. The molecule has 17 heavy (non-hydrogen) atoms. The number of ether oxygens (including phenoxy) is 1. The Morgan fingerprint density at radius 1 is 1.53 bits per heavy atom. The maximum Gasteiger partial charge on any atom is 0.142 e. The minimum absolute atomic E-state index is 0.0139. The lowest BCUT2D eigenvalue weighted by Gasteiger charge is -2.28. The molecule has 2 atom stereocenters. The van der Waals surface area contributed by atoms with E-state index in [1.807, 2.05) is 32.9 Å². The van der Waals surface area contributed by atoms with Gasteiger partial charge in [-0.2, -0.15) is 0 Å². The predicted octanol–water partition coefficient (Wildman–Crippen LogP) is 1.96. The fourth-order valence-corrected chi connectivity index (χ4v) is 2.47. The zero-order chi connectivity index (χ0) is 12.5. The van der Waals surface area contributed by atoms with Crippen LogP contribution in [0.4, 0.5) is 0 Å². The summed E-state index contributed by atoms with van der Waals surface area (Å²) in [6.07, 6.45) is 2.54. The Morgan fingerprint density at radius 2 is 2.29 bits per heavy atom. The van der Waals surface area contributed by atoms with Crippen molar-refractivity contribution in [2.24, 2.45) is 0 Å². The second-order valence-electron chi connectivity index (χ2n) is 5.08. The average Bonchev–Trinajstić information content (AvgIpc) is 2.28. The van der Waals surface area contributed by atoms with Gasteiger partial charge < -0.3 is 4.74 Å². The van der Waals surface area contributed by atoms with Gasteiger partial charge in [-0.15, -0.1) is 0 Å². The van der Waals surface area contributed by atoms with E-state index in [4.69, 9.17) is 4.74 Å². The van der Waals surface area contributed by atoms with Crippen molar-refractivity contribution in [2.45, 2.75) is 38.0 Å². The standard InChI is InChI=1S/C12H18N2O2S/c1-12(2,3)17(15)14-9-6-8-16-10-5-4-7-13-11(9)10/h4-5,7,9,14H,6,8H2,1-3H3/t9-,17+/m1/s1. The Morgan fingerprint density at radius 3 is 3.00 bits per heavy atom. The molecule has 1 aliphatic rings. The predicted molar refractivity (Wildman–Crippen MR) is 68.1 cm³/mol. The second-order valence-corrected chi connectivity index (χ2v) is 7.07. The van der Waals surface area contributed by atoms with E-state index in [2.05, 4.69) is 9.71 Å². The number of nitrogens with one attached hydrogen (secondary N) is 1. The molecule has 4 nitrogen and oxygen atoms in total. The van der Waals surface area contributed by atoms with Crippen LogP contribution in [0.5, 0.6) is 5.75 Å². The number of fused-ring (bicyclic) bond motifs is 1. The van der Waals surface area contributed by atoms with E-state index in [9.17, 15) is 4.21 Å². The van der Waals surface area contributed by atoms with Gasteiger partial charge >= 0.3 is 0 Å². The van der Waals surface area contributed by atoms with Gasteiger partial charge in [0.1, 0.15) is 11.4 Å². The Kier molecular flexibility index (Phi) is 3.49. The number of pyridine rings is 1. The van der Waals surface area contributed by atoms with E-state index < -0.39 is 11.0 Å². The minimum Gasteiger partial charge on any atom is -0.492 e. The smallest absolute Gasteiger partial charge is 0.142 e. The normalized spacial score (nSPS) is 21.5. The van der Waals surface area contributed by atoms with Gasteiger partial charge in [-0.1, -0.05) is 0 Å². The number of hydrogen-bond acceptors (Lipinski definition) is 3. The molecule has 2 rings (SSSR count). The fraction of sp³-hybridized carbons (Fsp3) is 0.583. The molecule has 0 unspecified atom stereocenters. The summed E-state index contributed by atoms with van der Waals surface area (Å²) in [5, 5.41) is 0. The van der Waals surface area contributed by atoms with E-state index in [0.29, 0.717) is 6.61 Å². The summed E-state index contributed by atoms with van der Waals surface area (Å²) in [6.45, 7) is 6.50. The van der Waals surface area contributed by atoms with Crippen molar-refractivity contribution >= 4 is 11.0 Å². The SMILES string of the molecule is CC(C)(C)[S@](=O)N[C@@H]1CCOc2cccnc21. The molecule has 5 heteroatoms. The Bertz CT molecular complexity index is 429. The van der Waals surface area contributed by atoms with E-state index >= 15 is 0 Å². The molecule has 0 fully saturated rings. The monoisotopic (exact) mass is 254 g/mol. The van der Waals surface area contributed by atoms with E-state index in [1.165, 1.54) is 0 Å². The van der Waals surface area contributed by atoms with Crippen molar-refractivity contribution in [1.82, 2.24) is 9.71 Å². The molecule has 1 aromatic heterocycles. The number of rotatable bonds is 2. The molecular formula is C12H18N2O2S. The van der Waals surface area contributed by atoms with Gasteiger partial charge in [0.25, 0.3) is 0 Å². The third-order valence-corrected chi connectivity index (χ3v) is 4.21. The molecule has 2 heterocycles. The highest BCUT2D eigenvalue weighted by Crippen LogP contribution is 2.30. The van der Waals surface area contributed by atoms with Gasteiger partial charge in [0.2, 0.25) is 0 Å². The van der Waals surface area contributed by atoms with Crippen molar-refractivity contribution in [3.05, 3.63) is 24.0 Å². The Balaban J connectivity index is 2.17. The highest BCUT2D eigenvalue weighted by molar-refractivity contribution is 7.84. The summed E-state index contributed by atoms with van der Waals surface area (Å²) >= 11 is 0. The van der Waals surface area contributed by atoms with Crippen LogP contribution in [-0.4, -0.2) is 20.5 Å². The van der Waals surface area contributed by atoms with Crippen LogP contribution in [0.25, 0.3) is 0 Å². The molecule has 0 saturated heterocycles. The third kappa shape index (κ3) is 2.84. The van der Waals surface area contributed by atoms with Crippen molar-refractivity contribution in [3.63, 3.8) is 0 Å². The van der Waals surface area contributed by atoms with Gasteiger partial charge in [-0.25, -0.2) is 8.93 Å². The highest BCUT2D eigenvalue weighted by Gasteiger charge is 2.28. The molecular weight excluding hydrogens is 236 g/mol. The first-order valence-corrected chi connectivity index (χ1v) is 6.89. The molecule has 0 bridgehead atoms. The number of hydrogen-bond donors (Lipinski definition) is 1.